The van der Waals surface area contributed by atoms with Gasteiger partial charge in [0, 0.05) is 11.4 Å². The molecule has 19 heavy (non-hydrogen) atoms. The Labute approximate surface area is 113 Å². The van der Waals surface area contributed by atoms with E-state index in [9.17, 15) is 8.42 Å². The number of rotatable bonds is 6. The maximum Gasteiger partial charge on any atom is 0.261 e. The summed E-state index contributed by atoms with van der Waals surface area (Å²) in [5.41, 5.74) is 3.55. The Morgan fingerprint density at radius 2 is 1.95 bits per heavy atom. The van der Waals surface area contributed by atoms with E-state index in [0.717, 1.165) is 0 Å². The zero-order chi connectivity index (χ0) is 14.3. The minimum Gasteiger partial charge on any atom is -0.324 e. The van der Waals surface area contributed by atoms with Crippen molar-refractivity contribution in [3.63, 3.8) is 0 Å². The lowest BCUT2D eigenvalue weighted by atomic mass is 10.3. The van der Waals surface area contributed by atoms with Gasteiger partial charge in [0.05, 0.1) is 4.90 Å². The summed E-state index contributed by atoms with van der Waals surface area (Å²) in [5.74, 6) is 5.22. The molecule has 0 atom stereocenters. The fourth-order valence-corrected chi connectivity index (χ4v) is 2.41. The maximum atomic E-state index is 12.1. The lowest BCUT2D eigenvalue weighted by molar-refractivity contribution is 0.589. The van der Waals surface area contributed by atoms with Crippen LogP contribution in [0.4, 0.5) is 5.69 Å². The smallest absolute Gasteiger partial charge is 0.261 e. The first-order chi connectivity index (χ1) is 9.03. The Balaban J connectivity index is 2.96. The predicted octanol–water partition coefficient (Wildman–Crippen LogP) is 1.90. The van der Waals surface area contributed by atoms with Crippen LogP contribution in [-0.4, -0.2) is 8.42 Å². The molecule has 0 spiro atoms. The molecule has 0 aromatic heterocycles. The largest absolute Gasteiger partial charge is 0.324 e. The highest BCUT2D eigenvalue weighted by Crippen LogP contribution is 2.14. The fraction of sp³-hybridized carbons (Fsp3) is 0.0769. The third-order valence-electron chi connectivity index (χ3n) is 2.31. The molecule has 0 aliphatic rings. The second-order valence-corrected chi connectivity index (χ2v) is 5.30. The molecule has 6 heteroatoms. The van der Waals surface area contributed by atoms with Crippen LogP contribution in [0.2, 0.25) is 0 Å². The van der Waals surface area contributed by atoms with E-state index in [-0.39, 0.29) is 4.90 Å². The number of hydrogen-bond donors (Lipinski definition) is 3. The van der Waals surface area contributed by atoms with Crippen molar-refractivity contribution >= 4 is 15.7 Å². The van der Waals surface area contributed by atoms with E-state index in [2.05, 4.69) is 16.7 Å². The van der Waals surface area contributed by atoms with Gasteiger partial charge in [-0.25, -0.2) is 8.42 Å². The Kier molecular flexibility index (Phi) is 5.35. The predicted molar refractivity (Wildman–Crippen MR) is 77.7 cm³/mol. The molecule has 0 fully saturated rings. The highest BCUT2D eigenvalue weighted by atomic mass is 32.2. The maximum absolute atomic E-state index is 12.1. The van der Waals surface area contributed by atoms with Gasteiger partial charge in [-0.05, 0) is 37.3 Å². The molecule has 102 valence electrons. The van der Waals surface area contributed by atoms with Crippen LogP contribution in [0.3, 0.4) is 0 Å². The van der Waals surface area contributed by atoms with Gasteiger partial charge in [0.2, 0.25) is 0 Å². The van der Waals surface area contributed by atoms with Crippen LogP contribution in [0.1, 0.15) is 6.92 Å². The van der Waals surface area contributed by atoms with Crippen LogP contribution in [0.5, 0.6) is 0 Å². The van der Waals surface area contributed by atoms with Crippen LogP contribution < -0.4 is 16.0 Å². The minimum atomic E-state index is -3.60. The number of nitrogens with two attached hydrogens (primary N) is 1. The van der Waals surface area contributed by atoms with E-state index in [0.29, 0.717) is 11.4 Å². The number of nitrogen functional groups attached to an aromatic ring is 1. The molecular weight excluding hydrogens is 262 g/mol. The van der Waals surface area contributed by atoms with E-state index in [1.807, 2.05) is 0 Å². The Hall–Kier alpha value is -2.05. The van der Waals surface area contributed by atoms with Gasteiger partial charge in [-0.15, -0.1) is 0 Å². The second kappa shape index (κ2) is 6.77. The molecule has 0 amide bonds. The van der Waals surface area contributed by atoms with Gasteiger partial charge in [0.1, 0.15) is 0 Å². The SMILES string of the molecule is C=C/C=C\C(=C/C)NS(=O)(=O)c1ccc(NN)cc1. The number of allylic oxidation sites excluding steroid dienone is 4. The molecule has 5 nitrogen and oxygen atoms in total. The summed E-state index contributed by atoms with van der Waals surface area (Å²) in [7, 11) is -3.60. The first-order valence-corrected chi connectivity index (χ1v) is 7.06. The standard InChI is InChI=1S/C13H17N3O2S/c1-3-5-6-11(4-2)16-19(17,18)13-9-7-12(15-14)8-10-13/h3-10,15-16H,1,14H2,2H3/b6-5-,11-4+. The van der Waals surface area contributed by atoms with Crippen molar-refractivity contribution in [3.05, 3.63) is 60.8 Å². The summed E-state index contributed by atoms with van der Waals surface area (Å²) in [6.45, 7) is 5.27. The fourth-order valence-electron chi connectivity index (χ4n) is 1.31. The van der Waals surface area contributed by atoms with Gasteiger partial charge in [-0.1, -0.05) is 24.8 Å². The van der Waals surface area contributed by atoms with Gasteiger partial charge in [-0.3, -0.25) is 10.6 Å². The normalized spacial score (nSPS) is 12.4. The lowest BCUT2D eigenvalue weighted by Crippen LogP contribution is -2.22. The minimum absolute atomic E-state index is 0.165. The van der Waals surface area contributed by atoms with Crippen LogP contribution in [-0.2, 0) is 10.0 Å². The Morgan fingerprint density at radius 3 is 2.42 bits per heavy atom. The van der Waals surface area contributed by atoms with Crippen LogP contribution in [0.15, 0.2) is 65.7 Å². The van der Waals surface area contributed by atoms with E-state index in [4.69, 9.17) is 5.84 Å². The first-order valence-electron chi connectivity index (χ1n) is 5.58. The molecule has 0 aliphatic carbocycles. The molecule has 0 saturated carbocycles. The van der Waals surface area contributed by atoms with E-state index in [1.165, 1.54) is 12.1 Å². The van der Waals surface area contributed by atoms with Crippen molar-refractivity contribution in [1.29, 1.82) is 0 Å². The van der Waals surface area contributed by atoms with Gasteiger partial charge in [-0.2, -0.15) is 0 Å². The number of anilines is 1. The monoisotopic (exact) mass is 279 g/mol. The molecule has 1 rings (SSSR count). The molecule has 0 heterocycles. The zero-order valence-corrected chi connectivity index (χ0v) is 11.4. The summed E-state index contributed by atoms with van der Waals surface area (Å²) in [5, 5.41) is 0. The van der Waals surface area contributed by atoms with E-state index >= 15 is 0 Å². The third-order valence-corrected chi connectivity index (χ3v) is 3.70. The van der Waals surface area contributed by atoms with Crippen LogP contribution in [0.25, 0.3) is 0 Å². The summed E-state index contributed by atoms with van der Waals surface area (Å²) in [6.07, 6.45) is 6.51. The first kappa shape index (κ1) is 15.0. The molecule has 0 radical (unpaired) electrons. The number of hydrazine groups is 1. The topological polar surface area (TPSA) is 84.2 Å². The summed E-state index contributed by atoms with van der Waals surface area (Å²) in [6, 6.07) is 6.12. The number of hydrogen-bond acceptors (Lipinski definition) is 4. The highest BCUT2D eigenvalue weighted by molar-refractivity contribution is 7.89. The Bertz CT molecular complexity index is 587. The molecule has 1 aromatic carbocycles. The molecule has 0 bridgehead atoms. The van der Waals surface area contributed by atoms with Gasteiger partial charge in [0.15, 0.2) is 0 Å². The van der Waals surface area contributed by atoms with Crippen LogP contribution >= 0.6 is 0 Å². The zero-order valence-electron chi connectivity index (χ0n) is 10.6. The van der Waals surface area contributed by atoms with Crippen molar-refractivity contribution in [2.24, 2.45) is 5.84 Å². The van der Waals surface area contributed by atoms with Gasteiger partial charge < -0.3 is 5.43 Å². The van der Waals surface area contributed by atoms with Gasteiger partial charge in [0.25, 0.3) is 10.0 Å². The van der Waals surface area contributed by atoms with Crippen molar-refractivity contribution in [2.75, 3.05) is 5.43 Å². The molecule has 0 saturated heterocycles. The van der Waals surface area contributed by atoms with E-state index < -0.39 is 10.0 Å². The molecular formula is C13H17N3O2S. The van der Waals surface area contributed by atoms with Crippen molar-refractivity contribution < 1.29 is 8.42 Å². The molecule has 0 aliphatic heterocycles. The third kappa shape index (κ3) is 4.27. The van der Waals surface area contributed by atoms with Crippen LogP contribution in [0, 0.1) is 0 Å². The number of sulfonamides is 1. The van der Waals surface area contributed by atoms with Crippen molar-refractivity contribution in [1.82, 2.24) is 4.72 Å². The second-order valence-electron chi connectivity index (χ2n) is 3.61. The molecule has 0 unspecified atom stereocenters. The average molecular weight is 279 g/mol. The van der Waals surface area contributed by atoms with E-state index in [1.54, 1.807) is 43.4 Å². The number of nitrogens with one attached hydrogen (secondary N) is 2. The molecule has 4 N–H and O–H groups in total. The highest BCUT2D eigenvalue weighted by Gasteiger charge is 2.13. The summed E-state index contributed by atoms with van der Waals surface area (Å²) < 4.78 is 26.7. The summed E-state index contributed by atoms with van der Waals surface area (Å²) >= 11 is 0. The number of benzene rings is 1. The molecule has 1 aromatic rings. The lowest BCUT2D eigenvalue weighted by Gasteiger charge is -2.09. The Morgan fingerprint density at radius 1 is 1.32 bits per heavy atom. The average Bonchev–Trinajstić information content (AvgIpc) is 2.43. The van der Waals surface area contributed by atoms with Crippen molar-refractivity contribution in [2.45, 2.75) is 11.8 Å². The quantitative estimate of drug-likeness (QED) is 0.422. The van der Waals surface area contributed by atoms with Crippen molar-refractivity contribution in [3.8, 4) is 0 Å². The van der Waals surface area contributed by atoms with Gasteiger partial charge >= 0.3 is 0 Å². The summed E-state index contributed by atoms with van der Waals surface area (Å²) in [4.78, 5) is 0.165.